The van der Waals surface area contributed by atoms with E-state index in [1.807, 2.05) is 30.3 Å². The highest BCUT2D eigenvalue weighted by molar-refractivity contribution is 5.17. The van der Waals surface area contributed by atoms with E-state index in [1.54, 1.807) is 0 Å². The van der Waals surface area contributed by atoms with Gasteiger partial charge in [0.25, 0.3) is 0 Å². The summed E-state index contributed by atoms with van der Waals surface area (Å²) in [5, 5.41) is 9.98. The predicted molar refractivity (Wildman–Crippen MR) is 61.6 cm³/mol. The Morgan fingerprint density at radius 3 is 2.40 bits per heavy atom. The lowest BCUT2D eigenvalue weighted by atomic mass is 9.84. The first-order valence-electron chi connectivity index (χ1n) is 5.52. The largest absolute Gasteiger partial charge is 0.387 e. The number of aliphatic hydroxyl groups excluding tert-OH is 1. The minimum Gasteiger partial charge on any atom is -0.387 e. The zero-order valence-corrected chi connectivity index (χ0v) is 9.48. The molecule has 0 spiro atoms. The monoisotopic (exact) mass is 205 g/mol. The van der Waals surface area contributed by atoms with E-state index in [-0.39, 0.29) is 6.10 Å². The summed E-state index contributed by atoms with van der Waals surface area (Å²) in [6, 6.07) is 9.88. The Hall–Kier alpha value is -0.860. The molecular weight excluding hydrogens is 186 g/mol. The summed E-state index contributed by atoms with van der Waals surface area (Å²) in [7, 11) is 0. The SMILES string of the molecule is CC1(C)CN(CC(O)c2ccccc2)C1. The van der Waals surface area contributed by atoms with Crippen LogP contribution in [0.25, 0.3) is 0 Å². The molecule has 0 bridgehead atoms. The molecule has 2 heteroatoms. The summed E-state index contributed by atoms with van der Waals surface area (Å²) >= 11 is 0. The maximum atomic E-state index is 9.98. The van der Waals surface area contributed by atoms with Crippen molar-refractivity contribution >= 4 is 0 Å². The molecule has 1 saturated heterocycles. The van der Waals surface area contributed by atoms with E-state index < -0.39 is 0 Å². The summed E-state index contributed by atoms with van der Waals surface area (Å²) < 4.78 is 0. The van der Waals surface area contributed by atoms with Gasteiger partial charge in [0.15, 0.2) is 0 Å². The van der Waals surface area contributed by atoms with Gasteiger partial charge in [-0.05, 0) is 11.0 Å². The van der Waals surface area contributed by atoms with Crippen LogP contribution in [0.5, 0.6) is 0 Å². The zero-order valence-electron chi connectivity index (χ0n) is 9.48. The summed E-state index contributed by atoms with van der Waals surface area (Å²) in [5.41, 5.74) is 1.46. The fraction of sp³-hybridized carbons (Fsp3) is 0.538. The van der Waals surface area contributed by atoms with Gasteiger partial charge in [-0.2, -0.15) is 0 Å². The van der Waals surface area contributed by atoms with Crippen LogP contribution in [0.2, 0.25) is 0 Å². The van der Waals surface area contributed by atoms with Crippen LogP contribution in [0.1, 0.15) is 25.5 Å². The molecular formula is C13H19NO. The molecule has 0 aliphatic carbocycles. The molecule has 1 heterocycles. The molecule has 1 fully saturated rings. The second kappa shape index (κ2) is 3.95. The van der Waals surface area contributed by atoms with Gasteiger partial charge in [0, 0.05) is 19.6 Å². The maximum absolute atomic E-state index is 9.98. The van der Waals surface area contributed by atoms with Crippen LogP contribution >= 0.6 is 0 Å². The Morgan fingerprint density at radius 1 is 1.27 bits per heavy atom. The van der Waals surface area contributed by atoms with Gasteiger partial charge in [-0.15, -0.1) is 0 Å². The summed E-state index contributed by atoms with van der Waals surface area (Å²) in [6.45, 7) is 7.47. The van der Waals surface area contributed by atoms with Crippen molar-refractivity contribution in [3.63, 3.8) is 0 Å². The average Bonchev–Trinajstić information content (AvgIpc) is 2.16. The highest BCUT2D eigenvalue weighted by Gasteiger charge is 2.34. The minimum absolute atomic E-state index is 0.345. The standard InChI is InChI=1S/C13H19NO/c1-13(2)9-14(10-13)8-12(15)11-6-4-3-5-7-11/h3-7,12,15H,8-10H2,1-2H3. The summed E-state index contributed by atoms with van der Waals surface area (Å²) in [4.78, 5) is 2.30. The molecule has 0 radical (unpaired) electrons. The Labute approximate surface area is 91.5 Å². The molecule has 15 heavy (non-hydrogen) atoms. The number of benzene rings is 1. The van der Waals surface area contributed by atoms with Gasteiger partial charge in [0.05, 0.1) is 6.10 Å². The van der Waals surface area contributed by atoms with Crippen LogP contribution < -0.4 is 0 Å². The van der Waals surface area contributed by atoms with Gasteiger partial charge in [0.2, 0.25) is 0 Å². The predicted octanol–water partition coefficient (Wildman–Crippen LogP) is 2.06. The van der Waals surface area contributed by atoms with Crippen LogP contribution in [0.3, 0.4) is 0 Å². The highest BCUT2D eigenvalue weighted by atomic mass is 16.3. The molecule has 0 aromatic heterocycles. The first kappa shape index (κ1) is 10.7. The van der Waals surface area contributed by atoms with Crippen LogP contribution in [-0.2, 0) is 0 Å². The number of likely N-dealkylation sites (tertiary alicyclic amines) is 1. The molecule has 82 valence electrons. The van der Waals surface area contributed by atoms with Gasteiger partial charge in [-0.25, -0.2) is 0 Å². The lowest BCUT2D eigenvalue weighted by molar-refractivity contribution is -0.00564. The second-order valence-corrected chi connectivity index (χ2v) is 5.26. The van der Waals surface area contributed by atoms with Crippen molar-refractivity contribution in [3.05, 3.63) is 35.9 Å². The smallest absolute Gasteiger partial charge is 0.0916 e. The van der Waals surface area contributed by atoms with Gasteiger partial charge < -0.3 is 5.11 Å². The number of hydrogen-bond donors (Lipinski definition) is 1. The van der Waals surface area contributed by atoms with E-state index in [9.17, 15) is 5.11 Å². The van der Waals surface area contributed by atoms with Crippen molar-refractivity contribution in [2.45, 2.75) is 20.0 Å². The van der Waals surface area contributed by atoms with E-state index in [0.717, 1.165) is 25.2 Å². The van der Waals surface area contributed by atoms with Crippen molar-refractivity contribution in [1.29, 1.82) is 0 Å². The fourth-order valence-corrected chi connectivity index (χ4v) is 2.32. The Balaban J connectivity index is 1.86. The van der Waals surface area contributed by atoms with Gasteiger partial charge >= 0.3 is 0 Å². The van der Waals surface area contributed by atoms with E-state index in [4.69, 9.17) is 0 Å². The van der Waals surface area contributed by atoms with Crippen molar-refractivity contribution in [1.82, 2.24) is 4.90 Å². The highest BCUT2D eigenvalue weighted by Crippen LogP contribution is 2.30. The van der Waals surface area contributed by atoms with Crippen molar-refractivity contribution in [2.75, 3.05) is 19.6 Å². The zero-order chi connectivity index (χ0) is 10.9. The van der Waals surface area contributed by atoms with E-state index >= 15 is 0 Å². The molecule has 2 rings (SSSR count). The molecule has 1 N–H and O–H groups in total. The third-order valence-corrected chi connectivity index (χ3v) is 2.92. The van der Waals surface area contributed by atoms with Crippen LogP contribution in [0.4, 0.5) is 0 Å². The van der Waals surface area contributed by atoms with E-state index in [1.165, 1.54) is 0 Å². The van der Waals surface area contributed by atoms with Crippen molar-refractivity contribution in [3.8, 4) is 0 Å². The average molecular weight is 205 g/mol. The van der Waals surface area contributed by atoms with Crippen molar-refractivity contribution in [2.24, 2.45) is 5.41 Å². The van der Waals surface area contributed by atoms with Gasteiger partial charge in [-0.1, -0.05) is 44.2 Å². The van der Waals surface area contributed by atoms with Crippen molar-refractivity contribution < 1.29 is 5.11 Å². The molecule has 1 aliphatic rings. The molecule has 1 unspecified atom stereocenters. The number of rotatable bonds is 3. The Kier molecular flexibility index (Phi) is 2.81. The Bertz CT molecular complexity index is 313. The minimum atomic E-state index is -0.345. The molecule has 1 aromatic rings. The Morgan fingerprint density at radius 2 is 1.87 bits per heavy atom. The quantitative estimate of drug-likeness (QED) is 0.816. The first-order valence-corrected chi connectivity index (χ1v) is 5.52. The number of aliphatic hydroxyl groups is 1. The fourth-order valence-electron chi connectivity index (χ4n) is 2.32. The summed E-state index contributed by atoms with van der Waals surface area (Å²) in [5.74, 6) is 0. The third kappa shape index (κ3) is 2.58. The third-order valence-electron chi connectivity index (χ3n) is 2.92. The van der Waals surface area contributed by atoms with Gasteiger partial charge in [-0.3, -0.25) is 4.90 Å². The summed E-state index contributed by atoms with van der Waals surface area (Å²) in [6.07, 6.45) is -0.345. The lowest BCUT2D eigenvalue weighted by Gasteiger charge is -2.46. The first-order chi connectivity index (χ1) is 7.07. The number of nitrogens with zero attached hydrogens (tertiary/aromatic N) is 1. The van der Waals surface area contributed by atoms with E-state index in [0.29, 0.717) is 5.41 Å². The van der Waals surface area contributed by atoms with Crippen LogP contribution in [0.15, 0.2) is 30.3 Å². The van der Waals surface area contributed by atoms with E-state index in [2.05, 4.69) is 18.7 Å². The molecule has 2 nitrogen and oxygen atoms in total. The molecule has 1 aromatic carbocycles. The topological polar surface area (TPSA) is 23.5 Å². The second-order valence-electron chi connectivity index (χ2n) is 5.26. The molecule has 0 amide bonds. The molecule has 1 aliphatic heterocycles. The van der Waals surface area contributed by atoms with Crippen LogP contribution in [0, 0.1) is 5.41 Å². The maximum Gasteiger partial charge on any atom is 0.0916 e. The lowest BCUT2D eigenvalue weighted by Crippen LogP contribution is -2.53. The van der Waals surface area contributed by atoms with Crippen LogP contribution in [-0.4, -0.2) is 29.6 Å². The number of β-amino-alcohol motifs (C(OH)–C–C–N with tert-alkyl or cyclic N) is 1. The number of hydrogen-bond acceptors (Lipinski definition) is 2. The molecule has 1 atom stereocenters. The normalized spacial score (nSPS) is 22.1. The molecule has 0 saturated carbocycles. The van der Waals surface area contributed by atoms with Gasteiger partial charge in [0.1, 0.15) is 0 Å².